The lowest BCUT2D eigenvalue weighted by atomic mass is 10.3. The van der Waals surface area contributed by atoms with Crippen molar-refractivity contribution in [1.82, 2.24) is 10.2 Å². The number of anilines is 1. The van der Waals surface area contributed by atoms with Crippen molar-refractivity contribution < 1.29 is 14.6 Å². The zero-order valence-corrected chi connectivity index (χ0v) is 9.38. The van der Waals surface area contributed by atoms with E-state index in [0.29, 0.717) is 12.4 Å². The monoisotopic (exact) mass is 225 g/mol. The smallest absolute Gasteiger partial charge is 0.356 e. The standard InChI is InChI=1S/C10H15N3O3/c1-13(6-3-7-16-2)9-5-4-8(10(14)15)11-12-9/h4-5H,3,6-7H2,1-2H3,(H,14,15). The number of ether oxygens (including phenoxy) is 1. The second kappa shape index (κ2) is 6.02. The van der Waals surface area contributed by atoms with E-state index in [-0.39, 0.29) is 5.69 Å². The van der Waals surface area contributed by atoms with E-state index in [9.17, 15) is 4.79 Å². The van der Waals surface area contributed by atoms with Crippen LogP contribution >= 0.6 is 0 Å². The molecule has 16 heavy (non-hydrogen) atoms. The molecule has 1 rings (SSSR count). The summed E-state index contributed by atoms with van der Waals surface area (Å²) in [4.78, 5) is 12.5. The van der Waals surface area contributed by atoms with E-state index in [0.717, 1.165) is 13.0 Å². The summed E-state index contributed by atoms with van der Waals surface area (Å²) in [5, 5.41) is 16.1. The molecule has 0 spiro atoms. The van der Waals surface area contributed by atoms with Crippen molar-refractivity contribution in [2.45, 2.75) is 6.42 Å². The van der Waals surface area contributed by atoms with Crippen LogP contribution < -0.4 is 4.90 Å². The Bertz CT molecular complexity index is 340. The summed E-state index contributed by atoms with van der Waals surface area (Å²) in [6, 6.07) is 3.08. The van der Waals surface area contributed by atoms with Crippen LogP contribution in [0.5, 0.6) is 0 Å². The van der Waals surface area contributed by atoms with Crippen LogP contribution in [-0.4, -0.2) is 48.6 Å². The van der Waals surface area contributed by atoms with Gasteiger partial charge in [0.15, 0.2) is 11.5 Å². The maximum Gasteiger partial charge on any atom is 0.356 e. The molecular formula is C10H15N3O3. The highest BCUT2D eigenvalue weighted by atomic mass is 16.5. The van der Waals surface area contributed by atoms with Crippen LogP contribution in [0.2, 0.25) is 0 Å². The van der Waals surface area contributed by atoms with Gasteiger partial charge in [-0.25, -0.2) is 4.79 Å². The minimum Gasteiger partial charge on any atom is -0.476 e. The first-order valence-electron chi connectivity index (χ1n) is 4.92. The van der Waals surface area contributed by atoms with Gasteiger partial charge in [0.2, 0.25) is 0 Å². The van der Waals surface area contributed by atoms with Gasteiger partial charge in [0, 0.05) is 27.3 Å². The Kier molecular flexibility index (Phi) is 4.65. The Morgan fingerprint density at radius 1 is 1.50 bits per heavy atom. The molecule has 88 valence electrons. The molecule has 0 aromatic carbocycles. The van der Waals surface area contributed by atoms with Crippen LogP contribution in [0.4, 0.5) is 5.82 Å². The van der Waals surface area contributed by atoms with Gasteiger partial charge in [-0.1, -0.05) is 0 Å². The summed E-state index contributed by atoms with van der Waals surface area (Å²) in [7, 11) is 3.53. The average Bonchev–Trinajstić information content (AvgIpc) is 2.29. The van der Waals surface area contributed by atoms with Crippen molar-refractivity contribution in [3.63, 3.8) is 0 Å². The quantitative estimate of drug-likeness (QED) is 0.716. The second-order valence-corrected chi connectivity index (χ2v) is 3.35. The Morgan fingerprint density at radius 2 is 2.25 bits per heavy atom. The molecule has 0 aliphatic carbocycles. The molecule has 0 aliphatic rings. The summed E-state index contributed by atoms with van der Waals surface area (Å²) in [6.07, 6.45) is 0.884. The van der Waals surface area contributed by atoms with E-state index >= 15 is 0 Å². The van der Waals surface area contributed by atoms with Gasteiger partial charge in [-0.05, 0) is 18.6 Å². The third-order valence-electron chi connectivity index (χ3n) is 2.10. The predicted octanol–water partition coefficient (Wildman–Crippen LogP) is 0.647. The van der Waals surface area contributed by atoms with Crippen molar-refractivity contribution in [2.24, 2.45) is 0 Å². The molecule has 0 radical (unpaired) electrons. The van der Waals surface area contributed by atoms with Gasteiger partial charge in [0.05, 0.1) is 0 Å². The predicted molar refractivity (Wildman–Crippen MR) is 58.8 cm³/mol. The summed E-state index contributed by atoms with van der Waals surface area (Å²) in [6.45, 7) is 1.47. The number of carboxylic acids is 1. The number of rotatable bonds is 6. The van der Waals surface area contributed by atoms with Crippen molar-refractivity contribution in [1.29, 1.82) is 0 Å². The van der Waals surface area contributed by atoms with Crippen molar-refractivity contribution >= 4 is 11.8 Å². The fraction of sp³-hybridized carbons (Fsp3) is 0.500. The highest BCUT2D eigenvalue weighted by molar-refractivity contribution is 5.85. The molecule has 0 bridgehead atoms. The van der Waals surface area contributed by atoms with E-state index in [4.69, 9.17) is 9.84 Å². The molecule has 6 heteroatoms. The number of aromatic nitrogens is 2. The number of aromatic carboxylic acids is 1. The van der Waals surface area contributed by atoms with Crippen molar-refractivity contribution in [2.75, 3.05) is 32.2 Å². The molecule has 1 aromatic heterocycles. The first-order valence-corrected chi connectivity index (χ1v) is 4.92. The molecule has 0 saturated heterocycles. The molecule has 1 aromatic rings. The van der Waals surface area contributed by atoms with E-state index in [1.807, 2.05) is 11.9 Å². The minimum absolute atomic E-state index is 0.0472. The van der Waals surface area contributed by atoms with Crippen LogP contribution in [0.25, 0.3) is 0 Å². The zero-order chi connectivity index (χ0) is 12.0. The van der Waals surface area contributed by atoms with Crippen LogP contribution in [0.3, 0.4) is 0 Å². The maximum absolute atomic E-state index is 10.6. The van der Waals surface area contributed by atoms with Gasteiger partial charge in [0.1, 0.15) is 0 Å². The lowest BCUT2D eigenvalue weighted by Crippen LogP contribution is -2.21. The van der Waals surface area contributed by atoms with Crippen molar-refractivity contribution in [3.05, 3.63) is 17.8 Å². The molecule has 0 amide bonds. The Hall–Kier alpha value is -1.69. The molecule has 0 aliphatic heterocycles. The van der Waals surface area contributed by atoms with Gasteiger partial charge in [0.25, 0.3) is 0 Å². The molecule has 1 heterocycles. The number of carboxylic acid groups (broad SMARTS) is 1. The zero-order valence-electron chi connectivity index (χ0n) is 9.38. The number of hydrogen-bond donors (Lipinski definition) is 1. The fourth-order valence-corrected chi connectivity index (χ4v) is 1.20. The molecular weight excluding hydrogens is 210 g/mol. The van der Waals surface area contributed by atoms with Crippen LogP contribution in [-0.2, 0) is 4.74 Å². The highest BCUT2D eigenvalue weighted by Crippen LogP contribution is 2.07. The summed E-state index contributed by atoms with van der Waals surface area (Å²) in [5.74, 6) is -0.415. The average molecular weight is 225 g/mol. The SMILES string of the molecule is COCCCN(C)c1ccc(C(=O)O)nn1. The Balaban J connectivity index is 2.56. The summed E-state index contributed by atoms with van der Waals surface area (Å²) >= 11 is 0. The van der Waals surface area contributed by atoms with Crippen molar-refractivity contribution in [3.8, 4) is 0 Å². The Morgan fingerprint density at radius 3 is 2.75 bits per heavy atom. The normalized spacial score (nSPS) is 10.1. The topological polar surface area (TPSA) is 75.5 Å². The molecule has 0 atom stereocenters. The van der Waals surface area contributed by atoms with E-state index < -0.39 is 5.97 Å². The largest absolute Gasteiger partial charge is 0.476 e. The van der Waals surface area contributed by atoms with Gasteiger partial charge >= 0.3 is 5.97 Å². The van der Waals surface area contributed by atoms with Crippen LogP contribution in [0.1, 0.15) is 16.9 Å². The van der Waals surface area contributed by atoms with Crippen LogP contribution in [0.15, 0.2) is 12.1 Å². The molecule has 1 N–H and O–H groups in total. The third-order valence-corrected chi connectivity index (χ3v) is 2.10. The number of hydrogen-bond acceptors (Lipinski definition) is 5. The van der Waals surface area contributed by atoms with Gasteiger partial charge in [-0.15, -0.1) is 10.2 Å². The fourth-order valence-electron chi connectivity index (χ4n) is 1.20. The second-order valence-electron chi connectivity index (χ2n) is 3.35. The van der Waals surface area contributed by atoms with Crippen LogP contribution in [0, 0.1) is 0 Å². The number of methoxy groups -OCH3 is 1. The van der Waals surface area contributed by atoms with Gasteiger partial charge < -0.3 is 14.7 Å². The number of nitrogens with zero attached hydrogens (tertiary/aromatic N) is 3. The van der Waals surface area contributed by atoms with E-state index in [2.05, 4.69) is 10.2 Å². The third kappa shape index (κ3) is 3.47. The molecule has 0 fully saturated rings. The first-order chi connectivity index (χ1) is 7.65. The highest BCUT2D eigenvalue weighted by Gasteiger charge is 2.07. The first kappa shape index (κ1) is 12.4. The lowest BCUT2D eigenvalue weighted by Gasteiger charge is -2.16. The summed E-state index contributed by atoms with van der Waals surface area (Å²) in [5.41, 5.74) is -0.0472. The lowest BCUT2D eigenvalue weighted by molar-refractivity contribution is 0.0689. The van der Waals surface area contributed by atoms with E-state index in [1.165, 1.54) is 6.07 Å². The minimum atomic E-state index is -1.07. The van der Waals surface area contributed by atoms with Gasteiger partial charge in [-0.2, -0.15) is 0 Å². The maximum atomic E-state index is 10.6. The Labute approximate surface area is 93.9 Å². The molecule has 0 unspecified atom stereocenters. The van der Waals surface area contributed by atoms with E-state index in [1.54, 1.807) is 13.2 Å². The summed E-state index contributed by atoms with van der Waals surface area (Å²) < 4.78 is 4.94. The molecule has 6 nitrogen and oxygen atoms in total. The van der Waals surface area contributed by atoms with Gasteiger partial charge in [-0.3, -0.25) is 0 Å². The molecule has 0 saturated carbocycles. The number of carbonyl (C=O) groups is 1.